The van der Waals surface area contributed by atoms with Crippen molar-refractivity contribution in [1.82, 2.24) is 5.01 Å². The van der Waals surface area contributed by atoms with Gasteiger partial charge in [0.05, 0.1) is 6.21 Å². The van der Waals surface area contributed by atoms with Crippen molar-refractivity contribution in [2.75, 3.05) is 14.1 Å². The number of hydrogen-bond acceptors (Lipinski definition) is 3. The fourth-order valence-corrected chi connectivity index (χ4v) is 0.983. The first-order chi connectivity index (χ1) is 6.59. The molecule has 0 saturated carbocycles. The molecule has 3 nitrogen and oxygen atoms in total. The molecule has 0 bridgehead atoms. The Morgan fingerprint density at radius 1 is 1.36 bits per heavy atom. The van der Waals surface area contributed by atoms with Crippen LogP contribution in [0.3, 0.4) is 0 Å². The molecule has 0 amide bonds. The van der Waals surface area contributed by atoms with Crippen LogP contribution in [0.4, 0.5) is 0 Å². The lowest BCUT2D eigenvalue weighted by molar-refractivity contribution is 0.106. The molecule has 0 heterocycles. The minimum absolute atomic E-state index is 0.129. The number of carbonyl (C=O) groups excluding carboxylic acids is 1. The summed E-state index contributed by atoms with van der Waals surface area (Å²) in [6.07, 6.45) is 1.28. The van der Waals surface area contributed by atoms with Crippen molar-refractivity contribution in [3.63, 3.8) is 0 Å². The van der Waals surface area contributed by atoms with Crippen LogP contribution in [0.1, 0.15) is 10.4 Å². The number of hydrogen-bond donors (Lipinski definition) is 0. The SMILES string of the molecule is CN(C)N=CC(=O)c1ccc(Cl)cc1. The molecule has 0 aliphatic carbocycles. The maximum atomic E-state index is 11.4. The molecular formula is C10H11ClN2O. The van der Waals surface area contributed by atoms with Gasteiger partial charge in [-0.15, -0.1) is 0 Å². The summed E-state index contributed by atoms with van der Waals surface area (Å²) >= 11 is 5.69. The number of benzene rings is 1. The molecule has 0 aliphatic rings. The second-order valence-corrected chi connectivity index (χ2v) is 3.40. The maximum Gasteiger partial charge on any atom is 0.205 e. The van der Waals surface area contributed by atoms with Crippen molar-refractivity contribution in [3.8, 4) is 0 Å². The van der Waals surface area contributed by atoms with Crippen LogP contribution < -0.4 is 0 Å². The van der Waals surface area contributed by atoms with Gasteiger partial charge in [-0.1, -0.05) is 11.6 Å². The summed E-state index contributed by atoms with van der Waals surface area (Å²) in [7, 11) is 3.51. The van der Waals surface area contributed by atoms with Crippen molar-refractivity contribution in [1.29, 1.82) is 0 Å². The lowest BCUT2D eigenvalue weighted by Crippen LogP contribution is -2.07. The third-order valence-corrected chi connectivity index (χ3v) is 1.79. The Hall–Kier alpha value is -1.35. The molecule has 0 fully saturated rings. The molecule has 14 heavy (non-hydrogen) atoms. The van der Waals surface area contributed by atoms with E-state index in [0.717, 1.165) is 0 Å². The fraction of sp³-hybridized carbons (Fsp3) is 0.200. The summed E-state index contributed by atoms with van der Waals surface area (Å²) in [5.74, 6) is -0.129. The van der Waals surface area contributed by atoms with Crippen LogP contribution in [0.15, 0.2) is 29.4 Å². The van der Waals surface area contributed by atoms with Crippen LogP contribution in [-0.2, 0) is 0 Å². The van der Waals surface area contributed by atoms with Gasteiger partial charge in [0.25, 0.3) is 0 Å². The van der Waals surface area contributed by atoms with E-state index in [4.69, 9.17) is 11.6 Å². The highest BCUT2D eigenvalue weighted by Gasteiger charge is 2.01. The van der Waals surface area contributed by atoms with E-state index in [1.807, 2.05) is 0 Å². The highest BCUT2D eigenvalue weighted by molar-refractivity contribution is 6.35. The Morgan fingerprint density at radius 3 is 2.43 bits per heavy atom. The van der Waals surface area contributed by atoms with Gasteiger partial charge in [0, 0.05) is 24.7 Å². The molecule has 1 aromatic carbocycles. The Bertz CT molecular complexity index is 344. The van der Waals surface area contributed by atoms with E-state index in [-0.39, 0.29) is 5.78 Å². The number of nitrogens with zero attached hydrogens (tertiary/aromatic N) is 2. The van der Waals surface area contributed by atoms with Gasteiger partial charge in [0.1, 0.15) is 0 Å². The zero-order chi connectivity index (χ0) is 10.6. The van der Waals surface area contributed by atoms with Crippen LogP contribution in [-0.4, -0.2) is 31.1 Å². The predicted molar refractivity (Wildman–Crippen MR) is 58.0 cm³/mol. The molecule has 1 rings (SSSR count). The van der Waals surface area contributed by atoms with Crippen molar-refractivity contribution < 1.29 is 4.79 Å². The van der Waals surface area contributed by atoms with Gasteiger partial charge in [0.15, 0.2) is 0 Å². The van der Waals surface area contributed by atoms with Gasteiger partial charge in [-0.3, -0.25) is 4.79 Å². The Labute approximate surface area is 88.0 Å². The standard InChI is InChI=1S/C10H11ClN2O/c1-13(2)12-7-10(14)8-3-5-9(11)6-4-8/h3-7H,1-2H3. The van der Waals surface area contributed by atoms with Crippen LogP contribution >= 0.6 is 11.6 Å². The van der Waals surface area contributed by atoms with E-state index in [9.17, 15) is 4.79 Å². The van der Waals surface area contributed by atoms with Gasteiger partial charge in [-0.2, -0.15) is 5.10 Å². The quantitative estimate of drug-likeness (QED) is 0.435. The van der Waals surface area contributed by atoms with Gasteiger partial charge in [0.2, 0.25) is 5.78 Å². The minimum Gasteiger partial charge on any atom is -0.303 e. The molecule has 1 aromatic rings. The normalized spacial score (nSPS) is 10.5. The predicted octanol–water partition coefficient (Wildman–Crippen LogP) is 2.07. The first-order valence-corrected chi connectivity index (χ1v) is 4.48. The van der Waals surface area contributed by atoms with Gasteiger partial charge in [-0.05, 0) is 24.3 Å². The third-order valence-electron chi connectivity index (χ3n) is 1.53. The molecule has 0 unspecified atom stereocenters. The van der Waals surface area contributed by atoms with E-state index in [1.165, 1.54) is 6.21 Å². The molecule has 0 spiro atoms. The van der Waals surface area contributed by atoms with Crippen LogP contribution in [0, 0.1) is 0 Å². The zero-order valence-electron chi connectivity index (χ0n) is 8.07. The number of Topliss-reactive ketones (excluding diaryl/α,β-unsaturated/α-hetero) is 1. The third kappa shape index (κ3) is 3.18. The number of hydrazone groups is 1. The Kier molecular flexibility index (Phi) is 3.65. The molecule has 0 atom stereocenters. The van der Waals surface area contributed by atoms with Crippen molar-refractivity contribution >= 4 is 23.6 Å². The number of rotatable bonds is 3. The lowest BCUT2D eigenvalue weighted by atomic mass is 10.1. The number of halogens is 1. The van der Waals surface area contributed by atoms with Gasteiger partial charge < -0.3 is 5.01 Å². The second kappa shape index (κ2) is 4.77. The molecule has 0 N–H and O–H groups in total. The average Bonchev–Trinajstić information content (AvgIpc) is 2.15. The van der Waals surface area contributed by atoms with Crippen molar-refractivity contribution in [3.05, 3.63) is 34.9 Å². The molecule has 74 valence electrons. The minimum atomic E-state index is -0.129. The highest BCUT2D eigenvalue weighted by atomic mass is 35.5. The summed E-state index contributed by atoms with van der Waals surface area (Å²) in [6.45, 7) is 0. The summed E-state index contributed by atoms with van der Waals surface area (Å²) < 4.78 is 0. The van der Waals surface area contributed by atoms with Gasteiger partial charge >= 0.3 is 0 Å². The molecule has 0 aliphatic heterocycles. The second-order valence-electron chi connectivity index (χ2n) is 2.96. The molecule has 0 aromatic heterocycles. The van der Waals surface area contributed by atoms with Crippen LogP contribution in [0.2, 0.25) is 5.02 Å². The van der Waals surface area contributed by atoms with E-state index in [2.05, 4.69) is 5.10 Å². The number of carbonyl (C=O) groups is 1. The van der Waals surface area contributed by atoms with Crippen molar-refractivity contribution in [2.24, 2.45) is 5.10 Å². The monoisotopic (exact) mass is 210 g/mol. The smallest absolute Gasteiger partial charge is 0.205 e. The molecular weight excluding hydrogens is 200 g/mol. The number of ketones is 1. The van der Waals surface area contributed by atoms with Crippen molar-refractivity contribution in [2.45, 2.75) is 0 Å². The molecule has 0 radical (unpaired) electrons. The van der Waals surface area contributed by atoms with E-state index < -0.39 is 0 Å². The molecule has 4 heteroatoms. The highest BCUT2D eigenvalue weighted by Crippen LogP contribution is 2.09. The van der Waals surface area contributed by atoms with E-state index >= 15 is 0 Å². The Morgan fingerprint density at radius 2 is 1.93 bits per heavy atom. The summed E-state index contributed by atoms with van der Waals surface area (Å²) in [4.78, 5) is 11.4. The summed E-state index contributed by atoms with van der Waals surface area (Å²) in [6, 6.07) is 6.70. The summed E-state index contributed by atoms with van der Waals surface area (Å²) in [5, 5.41) is 6.03. The van der Waals surface area contributed by atoms with Crippen LogP contribution in [0.5, 0.6) is 0 Å². The van der Waals surface area contributed by atoms with E-state index in [1.54, 1.807) is 43.4 Å². The largest absolute Gasteiger partial charge is 0.303 e. The zero-order valence-corrected chi connectivity index (χ0v) is 8.82. The lowest BCUT2D eigenvalue weighted by Gasteiger charge is -2.01. The topological polar surface area (TPSA) is 32.7 Å². The van der Waals surface area contributed by atoms with E-state index in [0.29, 0.717) is 10.6 Å². The first-order valence-electron chi connectivity index (χ1n) is 4.11. The molecule has 0 saturated heterocycles. The summed E-state index contributed by atoms with van der Waals surface area (Å²) in [5.41, 5.74) is 0.583. The maximum absolute atomic E-state index is 11.4. The average molecular weight is 211 g/mol. The Balaban J connectivity index is 2.75. The van der Waals surface area contributed by atoms with Gasteiger partial charge in [-0.25, -0.2) is 0 Å². The first kappa shape index (κ1) is 10.7. The van der Waals surface area contributed by atoms with Crippen LogP contribution in [0.25, 0.3) is 0 Å². The fourth-order valence-electron chi connectivity index (χ4n) is 0.857.